The lowest BCUT2D eigenvalue weighted by atomic mass is 9.93. The van der Waals surface area contributed by atoms with Crippen LogP contribution in [0.4, 0.5) is 4.39 Å². The summed E-state index contributed by atoms with van der Waals surface area (Å²) < 4.78 is 18.7. The first-order valence-corrected chi connectivity index (χ1v) is 8.66. The number of pyridine rings is 1. The Balaban J connectivity index is 1.59. The van der Waals surface area contributed by atoms with E-state index in [0.29, 0.717) is 11.5 Å². The van der Waals surface area contributed by atoms with E-state index in [1.54, 1.807) is 18.3 Å². The van der Waals surface area contributed by atoms with Gasteiger partial charge in [-0.05, 0) is 55.0 Å². The summed E-state index contributed by atoms with van der Waals surface area (Å²) >= 11 is 0. The van der Waals surface area contributed by atoms with Crippen molar-refractivity contribution in [1.82, 2.24) is 9.88 Å². The van der Waals surface area contributed by atoms with E-state index in [1.165, 1.54) is 13.2 Å². The molecule has 5 heteroatoms. The number of carbonyl (C=O) groups is 1. The van der Waals surface area contributed by atoms with Gasteiger partial charge in [-0.2, -0.15) is 0 Å². The Kier molecular flexibility index (Phi) is 5.64. The van der Waals surface area contributed by atoms with Gasteiger partial charge in [0.25, 0.3) is 0 Å². The van der Waals surface area contributed by atoms with E-state index < -0.39 is 5.82 Å². The van der Waals surface area contributed by atoms with Gasteiger partial charge < -0.3 is 9.64 Å². The molecule has 1 aliphatic heterocycles. The molecule has 1 aliphatic rings. The van der Waals surface area contributed by atoms with Crippen molar-refractivity contribution in [2.75, 3.05) is 20.2 Å². The number of hydrogen-bond acceptors (Lipinski definition) is 3. The zero-order chi connectivity index (χ0) is 17.6. The molecule has 3 rings (SSSR count). The highest BCUT2D eigenvalue weighted by atomic mass is 19.1. The third-order valence-corrected chi connectivity index (χ3v) is 4.67. The van der Waals surface area contributed by atoms with Gasteiger partial charge in [-0.3, -0.25) is 9.78 Å². The molecule has 1 saturated heterocycles. The lowest BCUT2D eigenvalue weighted by molar-refractivity contribution is -0.132. The molecule has 0 N–H and O–H groups in total. The van der Waals surface area contributed by atoms with Crippen molar-refractivity contribution in [3.63, 3.8) is 0 Å². The SMILES string of the molecule is COc1ccc(CC(=O)N2CCCC(Cc3ccccn3)C2)cc1F. The zero-order valence-corrected chi connectivity index (χ0v) is 14.5. The van der Waals surface area contributed by atoms with E-state index in [2.05, 4.69) is 4.98 Å². The number of likely N-dealkylation sites (tertiary alicyclic amines) is 1. The van der Waals surface area contributed by atoms with E-state index >= 15 is 0 Å². The van der Waals surface area contributed by atoms with Gasteiger partial charge in [-0.15, -0.1) is 0 Å². The first-order valence-electron chi connectivity index (χ1n) is 8.66. The monoisotopic (exact) mass is 342 g/mol. The van der Waals surface area contributed by atoms with Crippen LogP contribution in [-0.2, 0) is 17.6 Å². The van der Waals surface area contributed by atoms with Gasteiger partial charge in [0.15, 0.2) is 11.6 Å². The number of amides is 1. The first kappa shape index (κ1) is 17.4. The third-order valence-electron chi connectivity index (χ3n) is 4.67. The highest BCUT2D eigenvalue weighted by Gasteiger charge is 2.24. The van der Waals surface area contributed by atoms with E-state index in [-0.39, 0.29) is 18.1 Å². The summed E-state index contributed by atoms with van der Waals surface area (Å²) in [6.07, 6.45) is 5.02. The summed E-state index contributed by atoms with van der Waals surface area (Å²) in [5.74, 6) is 0.250. The van der Waals surface area contributed by atoms with Crippen molar-refractivity contribution in [1.29, 1.82) is 0 Å². The summed E-state index contributed by atoms with van der Waals surface area (Å²) in [4.78, 5) is 18.9. The number of ether oxygens (including phenoxy) is 1. The third kappa shape index (κ3) is 4.56. The number of halogens is 1. The maximum Gasteiger partial charge on any atom is 0.227 e. The minimum absolute atomic E-state index is 0.0512. The van der Waals surface area contributed by atoms with Crippen LogP contribution in [0, 0.1) is 11.7 Å². The summed E-state index contributed by atoms with van der Waals surface area (Å²) in [6, 6.07) is 10.6. The standard InChI is InChI=1S/C20H23FN2O2/c1-25-19-8-7-15(12-18(19)21)13-20(24)23-10-4-5-16(14-23)11-17-6-2-3-9-22-17/h2-3,6-9,12,16H,4-5,10-11,13-14H2,1H3. The number of piperidine rings is 1. The highest BCUT2D eigenvalue weighted by Crippen LogP contribution is 2.22. The van der Waals surface area contributed by atoms with Crippen LogP contribution in [0.25, 0.3) is 0 Å². The van der Waals surface area contributed by atoms with Crippen molar-refractivity contribution in [3.8, 4) is 5.75 Å². The Morgan fingerprint density at radius 1 is 1.36 bits per heavy atom. The van der Waals surface area contributed by atoms with E-state index in [0.717, 1.165) is 38.0 Å². The number of aromatic nitrogens is 1. The molecule has 1 fully saturated rings. The summed E-state index contributed by atoms with van der Waals surface area (Å²) in [5.41, 5.74) is 1.74. The van der Waals surface area contributed by atoms with Crippen LogP contribution < -0.4 is 4.74 Å². The maximum atomic E-state index is 13.8. The molecule has 1 aromatic heterocycles. The van der Waals surface area contributed by atoms with Gasteiger partial charge >= 0.3 is 0 Å². The molecule has 0 saturated carbocycles. The van der Waals surface area contributed by atoms with Crippen LogP contribution in [0.2, 0.25) is 0 Å². The van der Waals surface area contributed by atoms with Gasteiger partial charge in [0.05, 0.1) is 13.5 Å². The predicted molar refractivity (Wildman–Crippen MR) is 93.9 cm³/mol. The molecule has 1 unspecified atom stereocenters. The molecule has 0 spiro atoms. The molecule has 1 aromatic carbocycles. The largest absolute Gasteiger partial charge is 0.494 e. The second kappa shape index (κ2) is 8.10. The number of nitrogens with zero attached hydrogens (tertiary/aromatic N) is 2. The lowest BCUT2D eigenvalue weighted by Gasteiger charge is -2.33. The zero-order valence-electron chi connectivity index (χ0n) is 14.5. The molecule has 2 heterocycles. The molecule has 0 radical (unpaired) electrons. The van der Waals surface area contributed by atoms with Crippen molar-refractivity contribution >= 4 is 5.91 Å². The quantitative estimate of drug-likeness (QED) is 0.838. The molecule has 1 atom stereocenters. The Morgan fingerprint density at radius 2 is 2.24 bits per heavy atom. The fourth-order valence-corrected chi connectivity index (χ4v) is 3.38. The smallest absolute Gasteiger partial charge is 0.227 e. The predicted octanol–water partition coefficient (Wildman–Crippen LogP) is 3.25. The Morgan fingerprint density at radius 3 is 2.96 bits per heavy atom. The molecule has 2 aromatic rings. The second-order valence-corrected chi connectivity index (χ2v) is 6.52. The minimum Gasteiger partial charge on any atom is -0.494 e. The molecule has 1 amide bonds. The van der Waals surface area contributed by atoms with Crippen LogP contribution in [0.3, 0.4) is 0 Å². The average molecular weight is 342 g/mol. The van der Waals surface area contributed by atoms with Crippen LogP contribution in [0.15, 0.2) is 42.6 Å². The van der Waals surface area contributed by atoms with Crippen molar-refractivity contribution in [3.05, 3.63) is 59.7 Å². The number of carbonyl (C=O) groups excluding carboxylic acids is 1. The second-order valence-electron chi connectivity index (χ2n) is 6.52. The fourth-order valence-electron chi connectivity index (χ4n) is 3.38. The summed E-state index contributed by atoms with van der Waals surface area (Å²) in [6.45, 7) is 1.52. The Labute approximate surface area is 147 Å². The Hall–Kier alpha value is -2.43. The van der Waals surface area contributed by atoms with Crippen LogP contribution in [-0.4, -0.2) is 36.0 Å². The van der Waals surface area contributed by atoms with Crippen LogP contribution in [0.1, 0.15) is 24.1 Å². The summed E-state index contributed by atoms with van der Waals surface area (Å²) in [7, 11) is 1.43. The number of methoxy groups -OCH3 is 1. The molecule has 0 aliphatic carbocycles. The maximum absolute atomic E-state index is 13.8. The van der Waals surface area contributed by atoms with Crippen molar-refractivity contribution in [2.24, 2.45) is 5.92 Å². The topological polar surface area (TPSA) is 42.4 Å². The normalized spacial score (nSPS) is 17.4. The van der Waals surface area contributed by atoms with Gasteiger partial charge in [0.2, 0.25) is 5.91 Å². The molecule has 132 valence electrons. The Bertz CT molecular complexity index is 721. The van der Waals surface area contributed by atoms with E-state index in [9.17, 15) is 9.18 Å². The molecule has 25 heavy (non-hydrogen) atoms. The lowest BCUT2D eigenvalue weighted by Crippen LogP contribution is -2.41. The van der Waals surface area contributed by atoms with E-state index in [4.69, 9.17) is 4.74 Å². The van der Waals surface area contributed by atoms with E-state index in [1.807, 2.05) is 23.1 Å². The van der Waals surface area contributed by atoms with Crippen molar-refractivity contribution in [2.45, 2.75) is 25.7 Å². The van der Waals surface area contributed by atoms with Gasteiger partial charge in [0, 0.05) is 25.0 Å². The molecule has 0 bridgehead atoms. The summed E-state index contributed by atoms with van der Waals surface area (Å²) in [5, 5.41) is 0. The molecule has 4 nitrogen and oxygen atoms in total. The van der Waals surface area contributed by atoms with Gasteiger partial charge in [-0.25, -0.2) is 4.39 Å². The van der Waals surface area contributed by atoms with Crippen LogP contribution in [0.5, 0.6) is 5.75 Å². The number of rotatable bonds is 5. The first-order chi connectivity index (χ1) is 12.2. The highest BCUT2D eigenvalue weighted by molar-refractivity contribution is 5.79. The molecular formula is C20H23FN2O2. The number of benzene rings is 1. The number of hydrogen-bond donors (Lipinski definition) is 0. The van der Waals surface area contributed by atoms with Gasteiger partial charge in [-0.1, -0.05) is 12.1 Å². The van der Waals surface area contributed by atoms with Crippen LogP contribution >= 0.6 is 0 Å². The fraction of sp³-hybridized carbons (Fsp3) is 0.400. The minimum atomic E-state index is -0.431. The molecular weight excluding hydrogens is 319 g/mol. The van der Waals surface area contributed by atoms with Crippen molar-refractivity contribution < 1.29 is 13.9 Å². The van der Waals surface area contributed by atoms with Gasteiger partial charge in [0.1, 0.15) is 0 Å². The average Bonchev–Trinajstić information content (AvgIpc) is 2.63.